The van der Waals surface area contributed by atoms with Crippen LogP contribution in [0.15, 0.2) is 48.5 Å². The van der Waals surface area contributed by atoms with Gasteiger partial charge < -0.3 is 10.1 Å². The van der Waals surface area contributed by atoms with Crippen molar-refractivity contribution in [3.63, 3.8) is 0 Å². The summed E-state index contributed by atoms with van der Waals surface area (Å²) in [4.78, 5) is 38.0. The van der Waals surface area contributed by atoms with Gasteiger partial charge in [-0.15, -0.1) is 0 Å². The Hall–Kier alpha value is -2.99. The van der Waals surface area contributed by atoms with Crippen molar-refractivity contribution in [3.05, 3.63) is 65.2 Å². The number of amides is 3. The van der Waals surface area contributed by atoms with Crippen LogP contribution in [0.2, 0.25) is 0 Å². The lowest BCUT2D eigenvalue weighted by atomic mass is 10.1. The number of hydrogen-bond donors (Lipinski definition) is 1. The lowest BCUT2D eigenvalue weighted by Gasteiger charge is -2.14. The van der Waals surface area contributed by atoms with E-state index in [1.165, 1.54) is 4.90 Å². The molecule has 134 valence electrons. The number of anilines is 1. The molecule has 6 heteroatoms. The number of carbonyl (C=O) groups is 3. The van der Waals surface area contributed by atoms with Crippen LogP contribution in [0.4, 0.5) is 5.69 Å². The number of methoxy groups -OCH3 is 1. The molecule has 2 aromatic carbocycles. The summed E-state index contributed by atoms with van der Waals surface area (Å²) in [5.74, 6) is -0.752. The minimum Gasteiger partial charge on any atom is -0.380 e. The van der Waals surface area contributed by atoms with Crippen LogP contribution in [-0.2, 0) is 16.1 Å². The Kier molecular flexibility index (Phi) is 5.43. The van der Waals surface area contributed by atoms with Crippen LogP contribution in [-0.4, -0.2) is 36.3 Å². The van der Waals surface area contributed by atoms with E-state index in [2.05, 4.69) is 5.32 Å². The zero-order valence-corrected chi connectivity index (χ0v) is 14.5. The third-order valence-electron chi connectivity index (χ3n) is 4.26. The number of fused-ring (bicyclic) bond motifs is 1. The van der Waals surface area contributed by atoms with E-state index < -0.39 is 0 Å². The molecule has 26 heavy (non-hydrogen) atoms. The molecule has 0 radical (unpaired) electrons. The third kappa shape index (κ3) is 3.65. The largest absolute Gasteiger partial charge is 0.380 e. The molecule has 2 aromatic rings. The monoisotopic (exact) mass is 352 g/mol. The fraction of sp³-hybridized carbons (Fsp3) is 0.250. The van der Waals surface area contributed by atoms with Gasteiger partial charge in [0.1, 0.15) is 0 Å². The molecule has 0 saturated heterocycles. The summed E-state index contributed by atoms with van der Waals surface area (Å²) >= 11 is 0. The molecule has 0 unspecified atom stereocenters. The van der Waals surface area contributed by atoms with Crippen molar-refractivity contribution in [2.24, 2.45) is 0 Å². The van der Waals surface area contributed by atoms with Crippen LogP contribution in [0.5, 0.6) is 0 Å². The van der Waals surface area contributed by atoms with Crippen molar-refractivity contribution in [3.8, 4) is 0 Å². The summed E-state index contributed by atoms with van der Waals surface area (Å²) in [6.07, 6.45) is 0.623. The summed E-state index contributed by atoms with van der Waals surface area (Å²) in [6.45, 7) is 0.630. The maximum absolute atomic E-state index is 12.3. The Morgan fingerprint density at radius 1 is 1.00 bits per heavy atom. The van der Waals surface area contributed by atoms with Gasteiger partial charge in [-0.05, 0) is 24.6 Å². The summed E-state index contributed by atoms with van der Waals surface area (Å²) < 4.78 is 5.12. The molecule has 6 nitrogen and oxygen atoms in total. The second kappa shape index (κ2) is 7.93. The van der Waals surface area contributed by atoms with E-state index in [0.29, 0.717) is 29.8 Å². The lowest BCUT2D eigenvalue weighted by molar-refractivity contribution is -0.116. The van der Waals surface area contributed by atoms with Gasteiger partial charge in [-0.3, -0.25) is 19.3 Å². The van der Waals surface area contributed by atoms with Gasteiger partial charge in [-0.25, -0.2) is 0 Å². The van der Waals surface area contributed by atoms with Crippen molar-refractivity contribution < 1.29 is 19.1 Å². The standard InChI is InChI=1S/C20H20N2O4/c1-26-13-14-7-2-5-10-17(14)21-18(23)11-6-12-22-19(24)15-8-3-4-9-16(15)20(22)25/h2-5,7-10H,6,11-13H2,1H3,(H,21,23). The molecule has 0 bridgehead atoms. The number of para-hydroxylation sites is 1. The zero-order chi connectivity index (χ0) is 18.5. The molecular formula is C20H20N2O4. The van der Waals surface area contributed by atoms with Gasteiger partial charge in [-0.1, -0.05) is 30.3 Å². The molecule has 1 aliphatic heterocycles. The maximum atomic E-state index is 12.3. The molecule has 1 aliphatic rings. The van der Waals surface area contributed by atoms with Gasteiger partial charge >= 0.3 is 0 Å². The minimum atomic E-state index is -0.295. The molecule has 0 spiro atoms. The Labute approximate surface area is 151 Å². The van der Waals surface area contributed by atoms with E-state index in [0.717, 1.165) is 5.56 Å². The number of hydrogen-bond acceptors (Lipinski definition) is 4. The van der Waals surface area contributed by atoms with Gasteiger partial charge in [0, 0.05) is 31.3 Å². The van der Waals surface area contributed by atoms with E-state index >= 15 is 0 Å². The smallest absolute Gasteiger partial charge is 0.261 e. The first-order valence-electron chi connectivity index (χ1n) is 8.43. The predicted octanol–water partition coefficient (Wildman–Crippen LogP) is 2.85. The van der Waals surface area contributed by atoms with Crippen LogP contribution >= 0.6 is 0 Å². The van der Waals surface area contributed by atoms with Gasteiger partial charge in [0.05, 0.1) is 17.7 Å². The Morgan fingerprint density at radius 2 is 1.62 bits per heavy atom. The van der Waals surface area contributed by atoms with Gasteiger partial charge in [0.15, 0.2) is 0 Å². The highest BCUT2D eigenvalue weighted by Crippen LogP contribution is 2.23. The number of carbonyl (C=O) groups excluding carboxylic acids is 3. The van der Waals surface area contributed by atoms with Crippen LogP contribution in [0.1, 0.15) is 39.1 Å². The number of rotatable bonds is 7. The fourth-order valence-electron chi connectivity index (χ4n) is 2.98. The highest BCUT2D eigenvalue weighted by molar-refractivity contribution is 6.21. The quantitative estimate of drug-likeness (QED) is 0.778. The average Bonchev–Trinajstić information content (AvgIpc) is 2.89. The topological polar surface area (TPSA) is 75.7 Å². The van der Waals surface area contributed by atoms with Crippen LogP contribution < -0.4 is 5.32 Å². The molecule has 0 saturated carbocycles. The highest BCUT2D eigenvalue weighted by atomic mass is 16.5. The van der Waals surface area contributed by atoms with Crippen molar-refractivity contribution in [2.75, 3.05) is 19.0 Å². The Bertz CT molecular complexity index is 812. The summed E-state index contributed by atoms with van der Waals surface area (Å²) in [7, 11) is 1.60. The number of nitrogens with zero attached hydrogens (tertiary/aromatic N) is 1. The van der Waals surface area contributed by atoms with Crippen molar-refractivity contribution >= 4 is 23.4 Å². The number of imide groups is 1. The Balaban J connectivity index is 1.54. The first-order valence-corrected chi connectivity index (χ1v) is 8.43. The molecular weight excluding hydrogens is 332 g/mol. The second-order valence-corrected chi connectivity index (χ2v) is 6.05. The molecule has 0 aliphatic carbocycles. The molecule has 0 atom stereocenters. The average molecular weight is 352 g/mol. The molecule has 3 rings (SSSR count). The molecule has 1 heterocycles. The minimum absolute atomic E-state index is 0.162. The fourth-order valence-corrected chi connectivity index (χ4v) is 2.98. The van der Waals surface area contributed by atoms with Crippen molar-refractivity contribution in [1.82, 2.24) is 4.90 Å². The van der Waals surface area contributed by atoms with Gasteiger partial charge in [0.2, 0.25) is 5.91 Å². The Morgan fingerprint density at radius 3 is 2.27 bits per heavy atom. The van der Waals surface area contributed by atoms with Crippen LogP contribution in [0.3, 0.4) is 0 Å². The first-order chi connectivity index (χ1) is 12.6. The SMILES string of the molecule is COCc1ccccc1NC(=O)CCCN1C(=O)c2ccccc2C1=O. The number of benzene rings is 2. The first kappa shape index (κ1) is 17.8. The lowest BCUT2D eigenvalue weighted by Crippen LogP contribution is -2.31. The maximum Gasteiger partial charge on any atom is 0.261 e. The van der Waals surface area contributed by atoms with E-state index in [1.54, 1.807) is 31.4 Å². The third-order valence-corrected chi connectivity index (χ3v) is 4.26. The highest BCUT2D eigenvalue weighted by Gasteiger charge is 2.34. The van der Waals surface area contributed by atoms with Crippen LogP contribution in [0, 0.1) is 0 Å². The molecule has 0 fully saturated rings. The van der Waals surface area contributed by atoms with E-state index in [9.17, 15) is 14.4 Å². The summed E-state index contributed by atoms with van der Waals surface area (Å²) in [6, 6.07) is 14.2. The predicted molar refractivity (Wildman–Crippen MR) is 96.8 cm³/mol. The normalized spacial score (nSPS) is 13.0. The molecule has 1 N–H and O–H groups in total. The van der Waals surface area contributed by atoms with E-state index in [4.69, 9.17) is 4.74 Å². The van der Waals surface area contributed by atoms with Crippen molar-refractivity contribution in [2.45, 2.75) is 19.4 Å². The summed E-state index contributed by atoms with van der Waals surface area (Å²) in [5.41, 5.74) is 2.45. The molecule has 3 amide bonds. The zero-order valence-electron chi connectivity index (χ0n) is 14.5. The van der Waals surface area contributed by atoms with Gasteiger partial charge in [-0.2, -0.15) is 0 Å². The van der Waals surface area contributed by atoms with E-state index in [-0.39, 0.29) is 30.7 Å². The van der Waals surface area contributed by atoms with Crippen molar-refractivity contribution in [1.29, 1.82) is 0 Å². The number of nitrogens with one attached hydrogen (secondary N) is 1. The van der Waals surface area contributed by atoms with Crippen LogP contribution in [0.25, 0.3) is 0 Å². The number of ether oxygens (including phenoxy) is 1. The van der Waals surface area contributed by atoms with Gasteiger partial charge in [0.25, 0.3) is 11.8 Å². The second-order valence-electron chi connectivity index (χ2n) is 6.05. The molecule has 0 aromatic heterocycles. The van der Waals surface area contributed by atoms with E-state index in [1.807, 2.05) is 24.3 Å². The summed E-state index contributed by atoms with van der Waals surface area (Å²) in [5, 5.41) is 2.85.